The fraction of sp³-hybridized carbons (Fsp3) is 0.562. The van der Waals surface area contributed by atoms with E-state index < -0.39 is 0 Å². The number of nitrogens with one attached hydrogen (secondary N) is 1. The fourth-order valence-electron chi connectivity index (χ4n) is 2.50. The second kappa shape index (κ2) is 6.92. The highest BCUT2D eigenvalue weighted by Gasteiger charge is 2.21. The third-order valence-corrected chi connectivity index (χ3v) is 4.92. The van der Waals surface area contributed by atoms with Gasteiger partial charge in [-0.05, 0) is 50.2 Å². The van der Waals surface area contributed by atoms with Crippen molar-refractivity contribution in [1.82, 2.24) is 5.32 Å². The van der Waals surface area contributed by atoms with Crippen LogP contribution in [0, 0.1) is 24.7 Å². The van der Waals surface area contributed by atoms with Crippen molar-refractivity contribution < 1.29 is 9.90 Å². The Balaban J connectivity index is 1.99. The van der Waals surface area contributed by atoms with Gasteiger partial charge in [0.1, 0.15) is 6.61 Å². The minimum Gasteiger partial charge on any atom is -0.384 e. The molecule has 2 rings (SSSR count). The molecule has 1 aliphatic carbocycles. The van der Waals surface area contributed by atoms with Crippen LogP contribution < -0.4 is 5.32 Å². The molecule has 0 unspecified atom stereocenters. The molecule has 0 spiro atoms. The van der Waals surface area contributed by atoms with Gasteiger partial charge in [-0.25, -0.2) is 0 Å². The van der Waals surface area contributed by atoms with Gasteiger partial charge >= 0.3 is 0 Å². The first-order valence-electron chi connectivity index (χ1n) is 7.11. The summed E-state index contributed by atoms with van der Waals surface area (Å²) < 4.78 is 0. The Labute approximate surface area is 124 Å². The first-order valence-corrected chi connectivity index (χ1v) is 7.93. The SMILES string of the molecule is Cc1cc(C(=O)NC2CCC(C)CC2)sc1C#CCO. The average Bonchev–Trinajstić information content (AvgIpc) is 2.80. The van der Waals surface area contributed by atoms with Gasteiger partial charge in [0.15, 0.2) is 0 Å². The van der Waals surface area contributed by atoms with E-state index in [9.17, 15) is 4.79 Å². The van der Waals surface area contributed by atoms with E-state index in [0.29, 0.717) is 10.9 Å². The first kappa shape index (κ1) is 15.1. The number of hydrogen-bond donors (Lipinski definition) is 2. The monoisotopic (exact) mass is 291 g/mol. The quantitative estimate of drug-likeness (QED) is 0.823. The van der Waals surface area contributed by atoms with Crippen LogP contribution in [0.15, 0.2) is 6.07 Å². The van der Waals surface area contributed by atoms with E-state index in [1.807, 2.05) is 13.0 Å². The van der Waals surface area contributed by atoms with E-state index in [4.69, 9.17) is 5.11 Å². The second-order valence-corrected chi connectivity index (χ2v) is 6.57. The molecule has 0 atom stereocenters. The van der Waals surface area contributed by atoms with Gasteiger partial charge in [-0.2, -0.15) is 0 Å². The lowest BCUT2D eigenvalue weighted by molar-refractivity contribution is 0.0927. The highest BCUT2D eigenvalue weighted by molar-refractivity contribution is 7.14. The van der Waals surface area contributed by atoms with E-state index in [-0.39, 0.29) is 12.5 Å². The van der Waals surface area contributed by atoms with Crippen molar-refractivity contribution in [2.75, 3.05) is 6.61 Å². The second-order valence-electron chi connectivity index (χ2n) is 5.51. The molecule has 1 heterocycles. The van der Waals surface area contributed by atoms with Gasteiger partial charge in [-0.15, -0.1) is 11.3 Å². The van der Waals surface area contributed by atoms with Crippen molar-refractivity contribution in [3.63, 3.8) is 0 Å². The van der Waals surface area contributed by atoms with Gasteiger partial charge in [0, 0.05) is 6.04 Å². The maximum absolute atomic E-state index is 12.2. The van der Waals surface area contributed by atoms with Crippen LogP contribution >= 0.6 is 11.3 Å². The van der Waals surface area contributed by atoms with Gasteiger partial charge in [0.2, 0.25) is 0 Å². The van der Waals surface area contributed by atoms with Crippen LogP contribution in [0.1, 0.15) is 52.7 Å². The van der Waals surface area contributed by atoms with Gasteiger partial charge in [-0.3, -0.25) is 4.79 Å². The number of hydrogen-bond acceptors (Lipinski definition) is 3. The van der Waals surface area contributed by atoms with Crippen LogP contribution in [0.5, 0.6) is 0 Å². The summed E-state index contributed by atoms with van der Waals surface area (Å²) in [4.78, 5) is 13.8. The number of aliphatic hydroxyl groups is 1. The van der Waals surface area contributed by atoms with Crippen LogP contribution in [0.3, 0.4) is 0 Å². The lowest BCUT2D eigenvalue weighted by Gasteiger charge is -2.26. The minimum atomic E-state index is -0.154. The fourth-order valence-corrected chi connectivity index (χ4v) is 3.45. The molecule has 108 valence electrons. The van der Waals surface area contributed by atoms with Gasteiger partial charge in [0.25, 0.3) is 5.91 Å². The number of aliphatic hydroxyl groups excluding tert-OH is 1. The van der Waals surface area contributed by atoms with Gasteiger partial charge < -0.3 is 10.4 Å². The van der Waals surface area contributed by atoms with Crippen molar-refractivity contribution in [3.05, 3.63) is 21.4 Å². The lowest BCUT2D eigenvalue weighted by Crippen LogP contribution is -2.36. The normalized spacial score (nSPS) is 21.9. The Morgan fingerprint density at radius 1 is 1.45 bits per heavy atom. The van der Waals surface area contributed by atoms with E-state index in [1.165, 1.54) is 24.2 Å². The molecule has 0 aliphatic heterocycles. The third-order valence-electron chi connectivity index (χ3n) is 3.77. The van der Waals surface area contributed by atoms with Crippen molar-refractivity contribution in [2.24, 2.45) is 5.92 Å². The molecule has 0 aromatic carbocycles. The Morgan fingerprint density at radius 2 is 2.15 bits per heavy atom. The Kier molecular flexibility index (Phi) is 5.22. The van der Waals surface area contributed by atoms with Crippen molar-refractivity contribution in [1.29, 1.82) is 0 Å². The van der Waals surface area contributed by atoms with Crippen LogP contribution in [0.4, 0.5) is 0 Å². The summed E-state index contributed by atoms with van der Waals surface area (Å²) in [7, 11) is 0. The summed E-state index contributed by atoms with van der Waals surface area (Å²) in [6.07, 6.45) is 4.55. The lowest BCUT2D eigenvalue weighted by atomic mass is 9.87. The average molecular weight is 291 g/mol. The Hall–Kier alpha value is -1.31. The molecule has 1 amide bonds. The summed E-state index contributed by atoms with van der Waals surface area (Å²) in [5.41, 5.74) is 0.998. The molecule has 1 aromatic heterocycles. The van der Waals surface area contributed by atoms with Gasteiger partial charge in [-0.1, -0.05) is 18.8 Å². The number of rotatable bonds is 2. The molecular weight excluding hydrogens is 270 g/mol. The molecular formula is C16H21NO2S. The highest BCUT2D eigenvalue weighted by atomic mass is 32.1. The van der Waals surface area contributed by atoms with Crippen molar-refractivity contribution in [2.45, 2.75) is 45.6 Å². The summed E-state index contributed by atoms with van der Waals surface area (Å²) >= 11 is 1.40. The number of thiophene rings is 1. The summed E-state index contributed by atoms with van der Waals surface area (Å²) in [5, 5.41) is 11.9. The zero-order valence-electron chi connectivity index (χ0n) is 12.0. The van der Waals surface area contributed by atoms with E-state index in [0.717, 1.165) is 29.2 Å². The third kappa shape index (κ3) is 3.84. The number of aryl methyl sites for hydroxylation is 1. The molecule has 3 nitrogen and oxygen atoms in total. The minimum absolute atomic E-state index is 0.00898. The van der Waals surface area contributed by atoms with Crippen LogP contribution in [-0.4, -0.2) is 23.7 Å². The summed E-state index contributed by atoms with van der Waals surface area (Å²) in [6.45, 7) is 4.06. The zero-order valence-corrected chi connectivity index (χ0v) is 12.8. The molecule has 2 N–H and O–H groups in total. The topological polar surface area (TPSA) is 49.3 Å². The molecule has 1 aromatic rings. The molecule has 4 heteroatoms. The maximum Gasteiger partial charge on any atom is 0.261 e. The van der Waals surface area contributed by atoms with E-state index >= 15 is 0 Å². The van der Waals surface area contributed by atoms with Crippen LogP contribution in [0.25, 0.3) is 0 Å². The smallest absolute Gasteiger partial charge is 0.261 e. The molecule has 20 heavy (non-hydrogen) atoms. The van der Waals surface area contributed by atoms with E-state index in [2.05, 4.69) is 24.1 Å². The molecule has 1 aliphatic rings. The van der Waals surface area contributed by atoms with Crippen molar-refractivity contribution in [3.8, 4) is 11.8 Å². The first-order chi connectivity index (χ1) is 9.60. The Morgan fingerprint density at radius 3 is 2.80 bits per heavy atom. The predicted octanol–water partition coefficient (Wildman–Crippen LogP) is 2.71. The highest BCUT2D eigenvalue weighted by Crippen LogP contribution is 2.25. The molecule has 0 saturated heterocycles. The van der Waals surface area contributed by atoms with E-state index in [1.54, 1.807) is 0 Å². The van der Waals surface area contributed by atoms with Crippen LogP contribution in [0.2, 0.25) is 0 Å². The van der Waals surface area contributed by atoms with Crippen LogP contribution in [-0.2, 0) is 0 Å². The number of carbonyl (C=O) groups excluding carboxylic acids is 1. The standard InChI is InChI=1S/C16H21NO2S/c1-11-5-7-13(8-6-11)17-16(19)15-10-12(2)14(20-15)4-3-9-18/h10-11,13,18H,5-9H2,1-2H3,(H,17,19). The maximum atomic E-state index is 12.2. The largest absolute Gasteiger partial charge is 0.384 e. The number of amides is 1. The molecule has 0 bridgehead atoms. The molecule has 1 fully saturated rings. The van der Waals surface area contributed by atoms with Crippen molar-refractivity contribution >= 4 is 17.2 Å². The predicted molar refractivity (Wildman–Crippen MR) is 81.9 cm³/mol. The van der Waals surface area contributed by atoms with Gasteiger partial charge in [0.05, 0.1) is 9.75 Å². The number of carbonyl (C=O) groups is 1. The Bertz CT molecular complexity index is 530. The molecule has 0 radical (unpaired) electrons. The molecule has 1 saturated carbocycles. The summed E-state index contributed by atoms with van der Waals surface area (Å²) in [5.74, 6) is 6.31. The zero-order chi connectivity index (χ0) is 14.5. The summed E-state index contributed by atoms with van der Waals surface area (Å²) in [6, 6.07) is 2.19.